The second-order valence-electron chi connectivity index (χ2n) is 6.20. The molecule has 0 aliphatic heterocycles. The van der Waals surface area contributed by atoms with Crippen molar-refractivity contribution in [3.63, 3.8) is 0 Å². The first-order valence-electron chi connectivity index (χ1n) is 8.02. The fraction of sp³-hybridized carbons (Fsp3) is 0.300. The molecule has 1 N–H and O–H groups in total. The molecule has 1 heterocycles. The lowest BCUT2D eigenvalue weighted by Crippen LogP contribution is -2.10. The number of fused-ring (bicyclic) bond motifs is 1. The summed E-state index contributed by atoms with van der Waals surface area (Å²) in [6.07, 6.45) is 0.102. The Morgan fingerprint density at radius 1 is 1.09 bits per heavy atom. The lowest BCUT2D eigenvalue weighted by atomic mass is 10.1. The molecule has 0 aliphatic carbocycles. The Bertz CT molecular complexity index is 818. The molecule has 1 aromatic heterocycles. The molecule has 3 heteroatoms. The molecular formula is C20H23NO2. The summed E-state index contributed by atoms with van der Waals surface area (Å²) in [5.41, 5.74) is 4.46. The molecular weight excluding hydrogens is 286 g/mol. The van der Waals surface area contributed by atoms with Gasteiger partial charge in [-0.15, -0.1) is 0 Å². The molecule has 0 amide bonds. The van der Waals surface area contributed by atoms with Crippen LogP contribution in [0.5, 0.6) is 5.75 Å². The van der Waals surface area contributed by atoms with E-state index in [0.29, 0.717) is 0 Å². The van der Waals surface area contributed by atoms with E-state index in [1.165, 1.54) is 16.6 Å². The van der Waals surface area contributed by atoms with Gasteiger partial charge in [0, 0.05) is 16.8 Å². The quantitative estimate of drug-likeness (QED) is 0.763. The van der Waals surface area contributed by atoms with Crippen LogP contribution in [0.1, 0.15) is 30.7 Å². The smallest absolute Gasteiger partial charge is 0.125 e. The molecule has 0 atom stereocenters. The van der Waals surface area contributed by atoms with Crippen LogP contribution in [0.2, 0.25) is 0 Å². The van der Waals surface area contributed by atoms with Crippen LogP contribution in [0.15, 0.2) is 48.5 Å². The number of nitrogens with zero attached hydrogens (tertiary/aromatic N) is 1. The number of hydrogen-bond donors (Lipinski definition) is 1. The van der Waals surface area contributed by atoms with E-state index < -0.39 is 0 Å². The molecule has 0 spiro atoms. The van der Waals surface area contributed by atoms with Crippen molar-refractivity contribution in [1.29, 1.82) is 0 Å². The molecule has 0 unspecified atom stereocenters. The Labute approximate surface area is 137 Å². The topological polar surface area (TPSA) is 34.4 Å². The van der Waals surface area contributed by atoms with Crippen molar-refractivity contribution in [3.05, 3.63) is 65.4 Å². The molecule has 2 aromatic carbocycles. The number of aliphatic hydroxyl groups is 1. The fourth-order valence-electron chi connectivity index (χ4n) is 2.92. The van der Waals surface area contributed by atoms with Gasteiger partial charge in [0.25, 0.3) is 0 Å². The van der Waals surface area contributed by atoms with Gasteiger partial charge >= 0.3 is 0 Å². The highest BCUT2D eigenvalue weighted by Gasteiger charge is 2.11. The van der Waals surface area contributed by atoms with Crippen LogP contribution in [-0.2, 0) is 13.2 Å². The summed E-state index contributed by atoms with van der Waals surface area (Å²) in [7, 11) is 0. The van der Waals surface area contributed by atoms with Gasteiger partial charge in [0.2, 0.25) is 0 Å². The second-order valence-corrected chi connectivity index (χ2v) is 6.20. The average molecular weight is 309 g/mol. The highest BCUT2D eigenvalue weighted by atomic mass is 16.5. The van der Waals surface area contributed by atoms with E-state index in [-0.39, 0.29) is 12.7 Å². The third-order valence-electron chi connectivity index (χ3n) is 4.02. The van der Waals surface area contributed by atoms with Crippen molar-refractivity contribution < 1.29 is 9.84 Å². The average Bonchev–Trinajstić information content (AvgIpc) is 2.84. The van der Waals surface area contributed by atoms with Gasteiger partial charge in [-0.25, -0.2) is 0 Å². The van der Waals surface area contributed by atoms with E-state index in [2.05, 4.69) is 47.9 Å². The van der Waals surface area contributed by atoms with E-state index in [1.54, 1.807) is 0 Å². The number of ether oxygens (including phenoxy) is 1. The molecule has 3 aromatic rings. The van der Waals surface area contributed by atoms with Gasteiger partial charge in [0.05, 0.1) is 19.3 Å². The molecule has 0 bridgehead atoms. The summed E-state index contributed by atoms with van der Waals surface area (Å²) in [5.74, 6) is 0.851. The maximum absolute atomic E-state index is 9.37. The van der Waals surface area contributed by atoms with Gasteiger partial charge in [-0.05, 0) is 49.9 Å². The van der Waals surface area contributed by atoms with E-state index in [4.69, 9.17) is 4.74 Å². The van der Waals surface area contributed by atoms with E-state index >= 15 is 0 Å². The Balaban J connectivity index is 2.02. The molecule has 0 aliphatic rings. The van der Waals surface area contributed by atoms with Gasteiger partial charge in [-0.1, -0.05) is 30.3 Å². The first kappa shape index (κ1) is 15.6. The minimum absolute atomic E-state index is 0.0280. The normalized spacial score (nSPS) is 11.3. The third kappa shape index (κ3) is 3.25. The largest absolute Gasteiger partial charge is 0.491 e. The summed E-state index contributed by atoms with van der Waals surface area (Å²) in [6.45, 7) is 6.95. The molecule has 0 saturated carbocycles. The second kappa shape index (κ2) is 6.47. The van der Waals surface area contributed by atoms with Crippen LogP contribution >= 0.6 is 0 Å². The molecule has 3 nitrogen and oxygen atoms in total. The Kier molecular flexibility index (Phi) is 4.39. The zero-order valence-corrected chi connectivity index (χ0v) is 13.9. The molecule has 3 rings (SSSR count). The van der Waals surface area contributed by atoms with Crippen molar-refractivity contribution >= 4 is 10.9 Å². The van der Waals surface area contributed by atoms with Crippen LogP contribution in [0.25, 0.3) is 10.9 Å². The maximum Gasteiger partial charge on any atom is 0.125 e. The van der Waals surface area contributed by atoms with E-state index in [0.717, 1.165) is 23.4 Å². The molecule has 0 radical (unpaired) electrons. The van der Waals surface area contributed by atoms with Crippen molar-refractivity contribution in [3.8, 4) is 5.75 Å². The molecule has 0 saturated heterocycles. The maximum atomic E-state index is 9.37. The minimum Gasteiger partial charge on any atom is -0.491 e. The van der Waals surface area contributed by atoms with Crippen LogP contribution < -0.4 is 4.74 Å². The lowest BCUT2D eigenvalue weighted by molar-refractivity contribution is 0.237. The van der Waals surface area contributed by atoms with Crippen molar-refractivity contribution in [1.82, 2.24) is 4.57 Å². The zero-order valence-electron chi connectivity index (χ0n) is 13.9. The van der Waals surface area contributed by atoms with Crippen molar-refractivity contribution in [2.24, 2.45) is 0 Å². The number of benzene rings is 2. The third-order valence-corrected chi connectivity index (χ3v) is 4.02. The van der Waals surface area contributed by atoms with Gasteiger partial charge in [-0.2, -0.15) is 0 Å². The lowest BCUT2D eigenvalue weighted by Gasteiger charge is -2.17. The fourth-order valence-corrected chi connectivity index (χ4v) is 2.92. The summed E-state index contributed by atoms with van der Waals surface area (Å²) < 4.78 is 8.27. The predicted molar refractivity (Wildman–Crippen MR) is 93.9 cm³/mol. The van der Waals surface area contributed by atoms with Crippen molar-refractivity contribution in [2.75, 3.05) is 0 Å². The van der Waals surface area contributed by atoms with Crippen molar-refractivity contribution in [2.45, 2.75) is 40.0 Å². The van der Waals surface area contributed by atoms with Gasteiger partial charge < -0.3 is 14.4 Å². The Morgan fingerprint density at radius 3 is 2.61 bits per heavy atom. The SMILES string of the molecule is Cc1cc2ccccc2n1Cc1ccc(CO)cc1OC(C)C. The van der Waals surface area contributed by atoms with Gasteiger partial charge in [0.1, 0.15) is 5.75 Å². The first-order chi connectivity index (χ1) is 11.1. The molecule has 0 fully saturated rings. The van der Waals surface area contributed by atoms with E-state index in [1.807, 2.05) is 26.0 Å². The Morgan fingerprint density at radius 2 is 1.87 bits per heavy atom. The number of para-hydroxylation sites is 1. The van der Waals surface area contributed by atoms with Crippen LogP contribution in [0.3, 0.4) is 0 Å². The van der Waals surface area contributed by atoms with Crippen LogP contribution in [-0.4, -0.2) is 15.8 Å². The predicted octanol–water partition coefficient (Wildman–Crippen LogP) is 4.28. The minimum atomic E-state index is 0.0280. The summed E-state index contributed by atoms with van der Waals surface area (Å²) in [5, 5.41) is 10.6. The number of rotatable bonds is 5. The number of aliphatic hydroxyl groups excluding tert-OH is 1. The zero-order chi connectivity index (χ0) is 16.4. The summed E-state index contributed by atoms with van der Waals surface area (Å²) in [6, 6.07) is 16.6. The standard InChI is InChI=1S/C20H23NO2/c1-14(2)23-20-11-16(13-22)8-9-18(20)12-21-15(3)10-17-6-4-5-7-19(17)21/h4-11,14,22H,12-13H2,1-3H3. The Hall–Kier alpha value is -2.26. The summed E-state index contributed by atoms with van der Waals surface area (Å²) >= 11 is 0. The highest BCUT2D eigenvalue weighted by Crippen LogP contribution is 2.26. The highest BCUT2D eigenvalue weighted by molar-refractivity contribution is 5.81. The van der Waals surface area contributed by atoms with Gasteiger partial charge in [0.15, 0.2) is 0 Å². The van der Waals surface area contributed by atoms with Gasteiger partial charge in [-0.3, -0.25) is 0 Å². The van der Waals surface area contributed by atoms with Crippen LogP contribution in [0.4, 0.5) is 0 Å². The number of aromatic nitrogens is 1. The number of aryl methyl sites for hydroxylation is 1. The summed E-state index contributed by atoms with van der Waals surface area (Å²) in [4.78, 5) is 0. The monoisotopic (exact) mass is 309 g/mol. The number of hydrogen-bond acceptors (Lipinski definition) is 2. The first-order valence-corrected chi connectivity index (χ1v) is 8.02. The molecule has 120 valence electrons. The molecule has 23 heavy (non-hydrogen) atoms. The van der Waals surface area contributed by atoms with Crippen LogP contribution in [0, 0.1) is 6.92 Å². The van der Waals surface area contributed by atoms with E-state index in [9.17, 15) is 5.11 Å².